The third-order valence-corrected chi connectivity index (χ3v) is 5.94. The Balaban J connectivity index is 1.83. The lowest BCUT2D eigenvalue weighted by molar-refractivity contribution is 0.109. The summed E-state index contributed by atoms with van der Waals surface area (Å²) in [7, 11) is 0. The number of nitrogens with two attached hydrogens (primary N) is 1. The van der Waals surface area contributed by atoms with Gasteiger partial charge in [0.2, 0.25) is 0 Å². The molecule has 0 aromatic heterocycles. The van der Waals surface area contributed by atoms with Crippen LogP contribution in [0.5, 0.6) is 0 Å². The second-order valence-electron chi connectivity index (χ2n) is 8.10. The molecule has 3 atom stereocenters. The van der Waals surface area contributed by atoms with Gasteiger partial charge in [-0.15, -0.1) is 0 Å². The molecule has 0 bridgehead atoms. The van der Waals surface area contributed by atoms with Crippen molar-refractivity contribution in [2.24, 2.45) is 23.5 Å². The van der Waals surface area contributed by atoms with Gasteiger partial charge in [0.1, 0.15) is 0 Å². The number of hydrogen-bond acceptors (Lipinski definition) is 1. The number of hydrogen-bond donors (Lipinski definition) is 1. The molecule has 0 radical (unpaired) electrons. The van der Waals surface area contributed by atoms with E-state index in [9.17, 15) is 0 Å². The molecule has 2 aliphatic carbocycles. The Bertz CT molecular complexity index is 505. The predicted octanol–water partition coefficient (Wildman–Crippen LogP) is 4.51. The largest absolute Gasteiger partial charge is 0.325 e. The number of fused-ring (bicyclic) bond motifs is 1. The van der Waals surface area contributed by atoms with Crippen LogP contribution in [0.15, 0.2) is 18.2 Å². The molecule has 3 rings (SSSR count). The first-order valence-corrected chi connectivity index (χ1v) is 8.87. The van der Waals surface area contributed by atoms with Gasteiger partial charge in [0, 0.05) is 5.54 Å². The molecule has 1 nitrogen and oxygen atoms in total. The zero-order chi connectivity index (χ0) is 15.0. The predicted molar refractivity (Wildman–Crippen MR) is 90.4 cm³/mol. The van der Waals surface area contributed by atoms with Crippen LogP contribution in [0.2, 0.25) is 0 Å². The fourth-order valence-electron chi connectivity index (χ4n) is 4.97. The van der Waals surface area contributed by atoms with Gasteiger partial charge in [0.15, 0.2) is 0 Å². The quantitative estimate of drug-likeness (QED) is 0.869. The normalized spacial score (nSPS) is 32.4. The van der Waals surface area contributed by atoms with Gasteiger partial charge in [-0.05, 0) is 73.0 Å². The molecule has 2 N–H and O–H groups in total. The van der Waals surface area contributed by atoms with E-state index < -0.39 is 0 Å². The van der Waals surface area contributed by atoms with Gasteiger partial charge < -0.3 is 5.73 Å². The van der Waals surface area contributed by atoms with E-state index in [0.717, 1.165) is 12.3 Å². The molecule has 0 saturated heterocycles. The zero-order valence-electron chi connectivity index (χ0n) is 14.0. The van der Waals surface area contributed by atoms with E-state index in [1.807, 2.05) is 0 Å². The van der Waals surface area contributed by atoms with Crippen LogP contribution in [0.1, 0.15) is 63.1 Å². The molecular formula is C20H31N. The first-order valence-electron chi connectivity index (χ1n) is 8.87. The van der Waals surface area contributed by atoms with Crippen LogP contribution < -0.4 is 5.73 Å². The summed E-state index contributed by atoms with van der Waals surface area (Å²) in [6.07, 6.45) is 8.78. The van der Waals surface area contributed by atoms with Crippen molar-refractivity contribution in [3.05, 3.63) is 34.9 Å². The molecule has 1 heteroatoms. The maximum absolute atomic E-state index is 6.97. The summed E-state index contributed by atoms with van der Waals surface area (Å²) in [5.74, 6) is 2.14. The Labute approximate surface area is 130 Å². The van der Waals surface area contributed by atoms with Crippen LogP contribution in [0.4, 0.5) is 0 Å². The summed E-state index contributed by atoms with van der Waals surface area (Å²) >= 11 is 0. The highest BCUT2D eigenvalue weighted by Gasteiger charge is 2.41. The molecule has 1 aromatic carbocycles. The summed E-state index contributed by atoms with van der Waals surface area (Å²) in [4.78, 5) is 0. The van der Waals surface area contributed by atoms with Crippen LogP contribution in [0.25, 0.3) is 0 Å². The molecule has 2 aliphatic rings. The number of benzene rings is 1. The molecule has 0 spiro atoms. The lowest BCUT2D eigenvalue weighted by atomic mass is 9.63. The third-order valence-electron chi connectivity index (χ3n) is 5.94. The summed E-state index contributed by atoms with van der Waals surface area (Å²) < 4.78 is 0. The van der Waals surface area contributed by atoms with E-state index in [1.165, 1.54) is 44.1 Å². The fourth-order valence-corrected chi connectivity index (χ4v) is 4.97. The molecule has 1 saturated carbocycles. The van der Waals surface area contributed by atoms with Crippen LogP contribution in [-0.2, 0) is 19.3 Å². The molecule has 1 aromatic rings. The van der Waals surface area contributed by atoms with Crippen LogP contribution in [0, 0.1) is 17.8 Å². The Morgan fingerprint density at radius 2 is 1.95 bits per heavy atom. The summed E-state index contributed by atoms with van der Waals surface area (Å²) in [5.41, 5.74) is 11.6. The van der Waals surface area contributed by atoms with Crippen molar-refractivity contribution < 1.29 is 0 Å². The lowest BCUT2D eigenvalue weighted by Crippen LogP contribution is -2.54. The van der Waals surface area contributed by atoms with Crippen molar-refractivity contribution in [1.29, 1.82) is 0 Å². The Morgan fingerprint density at radius 3 is 2.71 bits per heavy atom. The average Bonchev–Trinajstić information content (AvgIpc) is 2.84. The molecule has 1 fully saturated rings. The molecule has 21 heavy (non-hydrogen) atoms. The Hall–Kier alpha value is -0.820. The van der Waals surface area contributed by atoms with Gasteiger partial charge in [-0.25, -0.2) is 0 Å². The smallest absolute Gasteiger partial charge is 0.0228 e. The molecular weight excluding hydrogens is 254 g/mol. The van der Waals surface area contributed by atoms with E-state index in [-0.39, 0.29) is 5.54 Å². The van der Waals surface area contributed by atoms with Crippen molar-refractivity contribution in [2.45, 2.75) is 71.3 Å². The van der Waals surface area contributed by atoms with Crippen LogP contribution in [0.3, 0.4) is 0 Å². The first kappa shape index (κ1) is 15.1. The maximum atomic E-state index is 6.97. The molecule has 0 amide bonds. The van der Waals surface area contributed by atoms with Crippen LogP contribution >= 0.6 is 0 Å². The second kappa shape index (κ2) is 5.76. The Kier molecular flexibility index (Phi) is 4.14. The van der Waals surface area contributed by atoms with Gasteiger partial charge in [-0.2, -0.15) is 0 Å². The van der Waals surface area contributed by atoms with Crippen molar-refractivity contribution in [3.63, 3.8) is 0 Å². The number of aryl methyl sites for hydroxylation is 2. The molecule has 116 valence electrons. The monoisotopic (exact) mass is 285 g/mol. The van der Waals surface area contributed by atoms with Crippen molar-refractivity contribution in [1.82, 2.24) is 0 Å². The lowest BCUT2D eigenvalue weighted by Gasteiger charge is -2.46. The van der Waals surface area contributed by atoms with Crippen molar-refractivity contribution >= 4 is 0 Å². The van der Waals surface area contributed by atoms with E-state index in [0.29, 0.717) is 11.8 Å². The van der Waals surface area contributed by atoms with Gasteiger partial charge in [-0.1, -0.05) is 45.4 Å². The highest BCUT2D eigenvalue weighted by Crippen LogP contribution is 2.41. The third kappa shape index (κ3) is 3.04. The van der Waals surface area contributed by atoms with Crippen molar-refractivity contribution in [3.8, 4) is 0 Å². The van der Waals surface area contributed by atoms with E-state index in [1.54, 1.807) is 11.1 Å². The highest BCUT2D eigenvalue weighted by atomic mass is 14.8. The van der Waals surface area contributed by atoms with Gasteiger partial charge in [0.05, 0.1) is 0 Å². The number of rotatable bonds is 3. The first-order chi connectivity index (χ1) is 9.98. The Morgan fingerprint density at radius 1 is 1.19 bits per heavy atom. The summed E-state index contributed by atoms with van der Waals surface area (Å²) in [6, 6.07) is 7.15. The fraction of sp³-hybridized carbons (Fsp3) is 0.700. The maximum Gasteiger partial charge on any atom is 0.0228 e. The van der Waals surface area contributed by atoms with Crippen molar-refractivity contribution in [2.75, 3.05) is 0 Å². The SMILES string of the molecule is CC1CCC(C(C)C)C(N)(Cc2ccc3c(c2)CCC3)C1. The molecule has 0 heterocycles. The summed E-state index contributed by atoms with van der Waals surface area (Å²) in [6.45, 7) is 7.08. The second-order valence-corrected chi connectivity index (χ2v) is 8.10. The zero-order valence-corrected chi connectivity index (χ0v) is 14.0. The standard InChI is InChI=1S/C20H31N/c1-14(2)19-10-7-15(3)12-20(19,21)13-16-8-9-17-5-4-6-18(17)11-16/h8-9,11,14-15,19H,4-7,10,12-13,21H2,1-3H3. The van der Waals surface area contributed by atoms with E-state index in [2.05, 4.69) is 39.0 Å². The molecule has 0 aliphatic heterocycles. The minimum absolute atomic E-state index is 0.00132. The van der Waals surface area contributed by atoms with Gasteiger partial charge in [0.25, 0.3) is 0 Å². The van der Waals surface area contributed by atoms with Crippen LogP contribution in [-0.4, -0.2) is 5.54 Å². The topological polar surface area (TPSA) is 26.0 Å². The highest BCUT2D eigenvalue weighted by molar-refractivity contribution is 5.36. The molecule has 3 unspecified atom stereocenters. The minimum Gasteiger partial charge on any atom is -0.325 e. The van der Waals surface area contributed by atoms with E-state index in [4.69, 9.17) is 5.73 Å². The summed E-state index contributed by atoms with van der Waals surface area (Å²) in [5, 5.41) is 0. The average molecular weight is 285 g/mol. The van der Waals surface area contributed by atoms with Gasteiger partial charge in [-0.3, -0.25) is 0 Å². The van der Waals surface area contributed by atoms with Gasteiger partial charge >= 0.3 is 0 Å². The van der Waals surface area contributed by atoms with E-state index >= 15 is 0 Å². The minimum atomic E-state index is -0.00132.